The fourth-order valence-electron chi connectivity index (χ4n) is 3.07. The first-order chi connectivity index (χ1) is 9.44. The molecule has 0 bridgehead atoms. The highest BCUT2D eigenvalue weighted by Crippen LogP contribution is 2.42. The number of aliphatic hydroxyl groups excluding tert-OH is 1. The van der Waals surface area contributed by atoms with E-state index in [9.17, 15) is 9.90 Å². The van der Waals surface area contributed by atoms with E-state index in [0.29, 0.717) is 24.7 Å². The van der Waals surface area contributed by atoms with E-state index < -0.39 is 6.10 Å². The van der Waals surface area contributed by atoms with Crippen LogP contribution in [-0.4, -0.2) is 23.3 Å². The average Bonchev–Trinajstić information content (AvgIpc) is 2.93. The summed E-state index contributed by atoms with van der Waals surface area (Å²) in [5.74, 6) is 6.50. The summed E-state index contributed by atoms with van der Waals surface area (Å²) >= 11 is 0. The van der Waals surface area contributed by atoms with E-state index in [1.807, 2.05) is 26.8 Å². The summed E-state index contributed by atoms with van der Waals surface area (Å²) in [6, 6.07) is 0. The molecule has 20 heavy (non-hydrogen) atoms. The fraction of sp³-hybridized carbons (Fsp3) is 0.706. The Morgan fingerprint density at radius 3 is 2.95 bits per heavy atom. The van der Waals surface area contributed by atoms with Gasteiger partial charge in [-0.25, -0.2) is 0 Å². The van der Waals surface area contributed by atoms with E-state index in [1.54, 1.807) is 0 Å². The highest BCUT2D eigenvalue weighted by atomic mass is 16.5. The lowest BCUT2D eigenvalue weighted by Crippen LogP contribution is -2.27. The first-order valence-corrected chi connectivity index (χ1v) is 7.39. The maximum Gasteiger partial charge on any atom is 0.306 e. The van der Waals surface area contributed by atoms with Gasteiger partial charge in [0, 0.05) is 17.8 Å². The molecule has 0 radical (unpaired) electrons. The SMILES string of the molecule is CC#CCC(C)(C)[C@@H](O)/C=C/[C@H]1CC[C@@H]2OC(=O)C[C@@H]21. The summed E-state index contributed by atoms with van der Waals surface area (Å²) in [5, 5.41) is 10.3. The lowest BCUT2D eigenvalue weighted by molar-refractivity contribution is -0.141. The zero-order valence-electron chi connectivity index (χ0n) is 12.6. The second kappa shape index (κ2) is 6.01. The van der Waals surface area contributed by atoms with Crippen LogP contribution in [0.3, 0.4) is 0 Å². The molecule has 0 amide bonds. The molecule has 4 atom stereocenters. The molecule has 1 N–H and O–H groups in total. The second-order valence-corrected chi connectivity index (χ2v) is 6.56. The monoisotopic (exact) mass is 276 g/mol. The van der Waals surface area contributed by atoms with Gasteiger partial charge in [-0.3, -0.25) is 4.79 Å². The minimum Gasteiger partial charge on any atom is -0.462 e. The normalized spacial score (nSPS) is 30.8. The maximum absolute atomic E-state index is 11.3. The number of hydrogen-bond donors (Lipinski definition) is 1. The van der Waals surface area contributed by atoms with E-state index in [2.05, 4.69) is 17.9 Å². The van der Waals surface area contributed by atoms with Crippen molar-refractivity contribution in [2.75, 3.05) is 0 Å². The van der Waals surface area contributed by atoms with Gasteiger partial charge in [0.1, 0.15) is 6.10 Å². The minimum absolute atomic E-state index is 0.0720. The minimum atomic E-state index is -0.513. The molecule has 3 nitrogen and oxygen atoms in total. The van der Waals surface area contributed by atoms with Crippen LogP contribution in [0.25, 0.3) is 0 Å². The molecule has 2 fully saturated rings. The van der Waals surface area contributed by atoms with Gasteiger partial charge >= 0.3 is 5.97 Å². The predicted molar refractivity (Wildman–Crippen MR) is 77.7 cm³/mol. The standard InChI is InChI=1S/C17H24O3/c1-4-5-10-17(2,3)15(18)9-7-12-6-8-14-13(12)11-16(19)20-14/h7,9,12-15,18H,6,8,10-11H2,1-3H3/b9-7+/t12-,13-,14+,15+/m1/s1. The number of carbonyl (C=O) groups is 1. The Morgan fingerprint density at radius 1 is 1.50 bits per heavy atom. The first kappa shape index (κ1) is 15.1. The molecule has 2 rings (SSSR count). The van der Waals surface area contributed by atoms with Crippen molar-refractivity contribution in [1.82, 2.24) is 0 Å². The van der Waals surface area contributed by atoms with Crippen molar-refractivity contribution in [3.05, 3.63) is 12.2 Å². The van der Waals surface area contributed by atoms with E-state index in [0.717, 1.165) is 12.8 Å². The Kier molecular flexibility index (Phi) is 4.55. The summed E-state index contributed by atoms with van der Waals surface area (Å²) < 4.78 is 5.29. The molecule has 1 aliphatic carbocycles. The van der Waals surface area contributed by atoms with Gasteiger partial charge in [0.05, 0.1) is 12.5 Å². The Bertz CT molecular complexity index is 453. The molecule has 3 heteroatoms. The second-order valence-electron chi connectivity index (χ2n) is 6.56. The van der Waals surface area contributed by atoms with Crippen molar-refractivity contribution in [1.29, 1.82) is 0 Å². The molecule has 110 valence electrons. The van der Waals surface area contributed by atoms with Gasteiger partial charge < -0.3 is 9.84 Å². The predicted octanol–water partition coefficient (Wildman–Crippen LogP) is 2.68. The number of allylic oxidation sites excluding steroid dienone is 1. The highest BCUT2D eigenvalue weighted by molar-refractivity contribution is 5.72. The zero-order valence-corrected chi connectivity index (χ0v) is 12.6. The van der Waals surface area contributed by atoms with E-state index in [4.69, 9.17) is 4.74 Å². The number of carbonyl (C=O) groups excluding carboxylic acids is 1. The van der Waals surface area contributed by atoms with Crippen LogP contribution in [0.15, 0.2) is 12.2 Å². The Morgan fingerprint density at radius 2 is 2.25 bits per heavy atom. The van der Waals surface area contributed by atoms with E-state index >= 15 is 0 Å². The molecular formula is C17H24O3. The molecular weight excluding hydrogens is 252 g/mol. The third-order valence-electron chi connectivity index (χ3n) is 4.56. The number of ether oxygens (including phenoxy) is 1. The molecule has 0 spiro atoms. The van der Waals surface area contributed by atoms with Crippen LogP contribution in [0.1, 0.15) is 46.5 Å². The van der Waals surface area contributed by atoms with Gasteiger partial charge in [0.2, 0.25) is 0 Å². The largest absolute Gasteiger partial charge is 0.462 e. The lowest BCUT2D eigenvalue weighted by Gasteiger charge is -2.26. The molecule has 1 heterocycles. The molecule has 1 aliphatic heterocycles. The summed E-state index contributed by atoms with van der Waals surface area (Å²) in [6.07, 6.45) is 6.75. The van der Waals surface area contributed by atoms with Gasteiger partial charge in [0.15, 0.2) is 0 Å². The van der Waals surface area contributed by atoms with Crippen molar-refractivity contribution in [3.8, 4) is 11.8 Å². The molecule has 0 aromatic carbocycles. The van der Waals surface area contributed by atoms with Gasteiger partial charge in [0.25, 0.3) is 0 Å². The van der Waals surface area contributed by atoms with Crippen LogP contribution in [-0.2, 0) is 9.53 Å². The van der Waals surface area contributed by atoms with Crippen molar-refractivity contribution >= 4 is 5.97 Å². The van der Waals surface area contributed by atoms with Crippen molar-refractivity contribution in [2.45, 2.75) is 58.7 Å². The number of rotatable bonds is 4. The average molecular weight is 276 g/mol. The van der Waals surface area contributed by atoms with Crippen LogP contribution in [0.4, 0.5) is 0 Å². The van der Waals surface area contributed by atoms with E-state index in [1.165, 1.54) is 0 Å². The van der Waals surface area contributed by atoms with Crippen LogP contribution in [0, 0.1) is 29.1 Å². The van der Waals surface area contributed by atoms with Crippen LogP contribution >= 0.6 is 0 Å². The van der Waals surface area contributed by atoms with Crippen molar-refractivity contribution in [3.63, 3.8) is 0 Å². The molecule has 1 saturated carbocycles. The summed E-state index contributed by atoms with van der Waals surface area (Å²) in [7, 11) is 0. The van der Waals surface area contributed by atoms with Gasteiger partial charge in [-0.1, -0.05) is 26.0 Å². The number of esters is 1. The number of aliphatic hydroxyl groups is 1. The highest BCUT2D eigenvalue weighted by Gasteiger charge is 2.43. The zero-order chi connectivity index (χ0) is 14.8. The third-order valence-corrected chi connectivity index (χ3v) is 4.56. The number of hydrogen-bond acceptors (Lipinski definition) is 3. The van der Waals surface area contributed by atoms with E-state index in [-0.39, 0.29) is 17.5 Å². The first-order valence-electron chi connectivity index (χ1n) is 7.39. The molecule has 0 aromatic rings. The molecule has 1 saturated heterocycles. The van der Waals surface area contributed by atoms with Crippen LogP contribution in [0.5, 0.6) is 0 Å². The van der Waals surface area contributed by atoms with Gasteiger partial charge in [-0.05, 0) is 25.7 Å². The molecule has 0 unspecified atom stereocenters. The Hall–Kier alpha value is -1.27. The van der Waals surface area contributed by atoms with Crippen molar-refractivity contribution < 1.29 is 14.6 Å². The van der Waals surface area contributed by atoms with Gasteiger partial charge in [-0.15, -0.1) is 11.8 Å². The summed E-state index contributed by atoms with van der Waals surface area (Å²) in [6.45, 7) is 5.85. The lowest BCUT2D eigenvalue weighted by atomic mass is 9.82. The Balaban J connectivity index is 1.95. The molecule has 0 aromatic heterocycles. The molecule has 2 aliphatic rings. The topological polar surface area (TPSA) is 46.5 Å². The smallest absolute Gasteiger partial charge is 0.306 e. The number of fused-ring (bicyclic) bond motifs is 1. The fourth-order valence-corrected chi connectivity index (χ4v) is 3.07. The van der Waals surface area contributed by atoms with Gasteiger partial charge in [-0.2, -0.15) is 0 Å². The summed E-state index contributed by atoms with van der Waals surface area (Å²) in [4.78, 5) is 11.3. The van der Waals surface area contributed by atoms with Crippen LogP contribution < -0.4 is 0 Å². The quantitative estimate of drug-likeness (QED) is 0.488. The maximum atomic E-state index is 11.3. The van der Waals surface area contributed by atoms with Crippen molar-refractivity contribution in [2.24, 2.45) is 17.3 Å². The van der Waals surface area contributed by atoms with Crippen LogP contribution in [0.2, 0.25) is 0 Å². The third kappa shape index (κ3) is 3.24. The Labute approximate surface area is 121 Å². The summed E-state index contributed by atoms with van der Waals surface area (Å²) in [5.41, 5.74) is -0.250.